The van der Waals surface area contributed by atoms with Crippen molar-refractivity contribution in [1.29, 1.82) is 0 Å². The Hall–Kier alpha value is -1.27. The standard InChI is InChI=1S/C10H8ClF3N2O/c11-6-3-7-4(2-8(17)16-7)1-5(6)9(15)10(12,13)14/h1,3,9H,2,15H2,(H,16,17). The predicted molar refractivity (Wildman–Crippen MR) is 56.8 cm³/mol. The zero-order valence-corrected chi connectivity index (χ0v) is 9.19. The molecule has 0 aliphatic carbocycles. The Balaban J connectivity index is 2.44. The molecule has 0 fully saturated rings. The Bertz CT molecular complexity index is 487. The molecule has 92 valence electrons. The van der Waals surface area contributed by atoms with Crippen LogP contribution in [-0.4, -0.2) is 12.1 Å². The van der Waals surface area contributed by atoms with E-state index in [4.69, 9.17) is 17.3 Å². The molecule has 1 amide bonds. The first-order valence-electron chi connectivity index (χ1n) is 4.73. The lowest BCUT2D eigenvalue weighted by atomic mass is 10.0. The third-order valence-electron chi connectivity index (χ3n) is 2.54. The highest BCUT2D eigenvalue weighted by molar-refractivity contribution is 6.32. The second-order valence-electron chi connectivity index (χ2n) is 3.78. The summed E-state index contributed by atoms with van der Waals surface area (Å²) in [5.74, 6) is -0.270. The van der Waals surface area contributed by atoms with Gasteiger partial charge in [-0.3, -0.25) is 4.79 Å². The Morgan fingerprint density at radius 3 is 2.65 bits per heavy atom. The van der Waals surface area contributed by atoms with Crippen LogP contribution >= 0.6 is 11.6 Å². The number of fused-ring (bicyclic) bond motifs is 1. The predicted octanol–water partition coefficient (Wildman–Crippen LogP) is 2.40. The van der Waals surface area contributed by atoms with Crippen LogP contribution in [0.3, 0.4) is 0 Å². The van der Waals surface area contributed by atoms with Crippen molar-refractivity contribution in [1.82, 2.24) is 0 Å². The average molecular weight is 265 g/mol. The van der Waals surface area contributed by atoms with E-state index in [0.717, 1.165) is 0 Å². The van der Waals surface area contributed by atoms with E-state index >= 15 is 0 Å². The van der Waals surface area contributed by atoms with Crippen LogP contribution in [0.4, 0.5) is 18.9 Å². The Morgan fingerprint density at radius 1 is 1.41 bits per heavy atom. The van der Waals surface area contributed by atoms with Crippen LogP contribution in [0.25, 0.3) is 0 Å². The number of hydrogen-bond acceptors (Lipinski definition) is 2. The lowest BCUT2D eigenvalue weighted by molar-refractivity contribution is -0.149. The summed E-state index contributed by atoms with van der Waals surface area (Å²) in [6, 6.07) is 0.382. The van der Waals surface area contributed by atoms with Crippen LogP contribution in [0.5, 0.6) is 0 Å². The van der Waals surface area contributed by atoms with E-state index in [9.17, 15) is 18.0 Å². The first kappa shape index (κ1) is 12.2. The zero-order chi connectivity index (χ0) is 12.8. The van der Waals surface area contributed by atoms with Gasteiger partial charge in [-0.1, -0.05) is 11.6 Å². The molecule has 7 heteroatoms. The maximum Gasteiger partial charge on any atom is 0.407 e. The minimum absolute atomic E-state index is 0.0457. The van der Waals surface area contributed by atoms with Crippen LogP contribution in [0.1, 0.15) is 17.2 Å². The Morgan fingerprint density at radius 2 is 2.06 bits per heavy atom. The summed E-state index contributed by atoms with van der Waals surface area (Å²) in [7, 11) is 0. The van der Waals surface area contributed by atoms with Gasteiger partial charge in [0.1, 0.15) is 6.04 Å². The molecule has 0 bridgehead atoms. The average Bonchev–Trinajstić information content (AvgIpc) is 2.53. The number of alkyl halides is 3. The smallest absolute Gasteiger partial charge is 0.325 e. The van der Waals surface area contributed by atoms with E-state index in [0.29, 0.717) is 11.3 Å². The maximum atomic E-state index is 12.5. The molecule has 1 aliphatic heterocycles. The molecule has 1 heterocycles. The molecule has 1 unspecified atom stereocenters. The van der Waals surface area contributed by atoms with Crippen molar-refractivity contribution >= 4 is 23.2 Å². The topological polar surface area (TPSA) is 55.1 Å². The van der Waals surface area contributed by atoms with E-state index < -0.39 is 12.2 Å². The molecular formula is C10H8ClF3N2O. The van der Waals surface area contributed by atoms with Crippen molar-refractivity contribution in [3.8, 4) is 0 Å². The first-order valence-corrected chi connectivity index (χ1v) is 5.11. The number of halogens is 4. The lowest BCUT2D eigenvalue weighted by Gasteiger charge is -2.18. The molecule has 0 aromatic heterocycles. The monoisotopic (exact) mass is 264 g/mol. The highest BCUT2D eigenvalue weighted by Crippen LogP contribution is 2.38. The fourth-order valence-electron chi connectivity index (χ4n) is 1.68. The molecule has 0 saturated carbocycles. The summed E-state index contributed by atoms with van der Waals surface area (Å²) in [5.41, 5.74) is 5.80. The number of nitrogens with one attached hydrogen (secondary N) is 1. The number of benzene rings is 1. The van der Waals surface area contributed by atoms with Crippen LogP contribution in [0, 0.1) is 0 Å². The zero-order valence-electron chi connectivity index (χ0n) is 8.44. The second kappa shape index (κ2) is 3.89. The molecule has 0 spiro atoms. The number of rotatable bonds is 1. The van der Waals surface area contributed by atoms with Gasteiger partial charge < -0.3 is 11.1 Å². The van der Waals surface area contributed by atoms with Gasteiger partial charge in [-0.2, -0.15) is 13.2 Å². The number of nitrogens with two attached hydrogens (primary N) is 1. The number of hydrogen-bond donors (Lipinski definition) is 2. The quantitative estimate of drug-likeness (QED) is 0.818. The third-order valence-corrected chi connectivity index (χ3v) is 2.86. The molecule has 17 heavy (non-hydrogen) atoms. The SMILES string of the molecule is NC(c1cc2c(cc1Cl)NC(=O)C2)C(F)(F)F. The molecule has 1 aromatic carbocycles. The summed E-state index contributed by atoms with van der Waals surface area (Å²) in [6.45, 7) is 0. The van der Waals surface area contributed by atoms with Gasteiger partial charge in [0.05, 0.1) is 6.42 Å². The number of anilines is 1. The molecule has 2 rings (SSSR count). The summed E-state index contributed by atoms with van der Waals surface area (Å²) in [4.78, 5) is 11.1. The van der Waals surface area contributed by atoms with E-state index in [1.807, 2.05) is 0 Å². The minimum atomic E-state index is -4.56. The van der Waals surface area contributed by atoms with Crippen molar-refractivity contribution in [2.75, 3.05) is 5.32 Å². The second-order valence-corrected chi connectivity index (χ2v) is 4.18. The summed E-state index contributed by atoms with van der Waals surface area (Å²) < 4.78 is 37.4. The van der Waals surface area contributed by atoms with Crippen LogP contribution < -0.4 is 11.1 Å². The molecule has 3 N–H and O–H groups in total. The molecular weight excluding hydrogens is 257 g/mol. The Kier molecular flexibility index (Phi) is 2.79. The molecule has 0 radical (unpaired) electrons. The van der Waals surface area contributed by atoms with Crippen LogP contribution in [0.15, 0.2) is 12.1 Å². The molecule has 1 aliphatic rings. The van der Waals surface area contributed by atoms with Gasteiger partial charge in [0.25, 0.3) is 0 Å². The van der Waals surface area contributed by atoms with Crippen molar-refractivity contribution < 1.29 is 18.0 Å². The fraction of sp³-hybridized carbons (Fsp3) is 0.300. The summed E-state index contributed by atoms with van der Waals surface area (Å²) in [6.07, 6.45) is -4.52. The van der Waals surface area contributed by atoms with E-state index in [-0.39, 0.29) is 22.9 Å². The van der Waals surface area contributed by atoms with Crippen molar-refractivity contribution in [2.45, 2.75) is 18.6 Å². The van der Waals surface area contributed by atoms with Crippen LogP contribution in [0.2, 0.25) is 5.02 Å². The van der Waals surface area contributed by atoms with Crippen LogP contribution in [-0.2, 0) is 11.2 Å². The summed E-state index contributed by atoms with van der Waals surface area (Å²) in [5, 5.41) is 2.40. The van der Waals surface area contributed by atoms with Gasteiger partial charge in [0.15, 0.2) is 0 Å². The molecule has 0 saturated heterocycles. The van der Waals surface area contributed by atoms with Gasteiger partial charge in [0, 0.05) is 10.7 Å². The maximum absolute atomic E-state index is 12.5. The minimum Gasteiger partial charge on any atom is -0.325 e. The van der Waals surface area contributed by atoms with E-state index in [1.54, 1.807) is 0 Å². The van der Waals surface area contributed by atoms with Gasteiger partial charge in [-0.25, -0.2) is 0 Å². The Labute approximate surface area is 99.7 Å². The summed E-state index contributed by atoms with van der Waals surface area (Å²) >= 11 is 5.73. The number of carbonyl (C=O) groups is 1. The van der Waals surface area contributed by atoms with Gasteiger partial charge in [-0.05, 0) is 23.3 Å². The highest BCUT2D eigenvalue weighted by Gasteiger charge is 2.39. The van der Waals surface area contributed by atoms with Crippen molar-refractivity contribution in [3.63, 3.8) is 0 Å². The highest BCUT2D eigenvalue weighted by atomic mass is 35.5. The number of carbonyl (C=O) groups excluding carboxylic acids is 1. The van der Waals surface area contributed by atoms with E-state index in [2.05, 4.69) is 5.32 Å². The number of amides is 1. The molecule has 1 atom stereocenters. The third kappa shape index (κ3) is 2.23. The van der Waals surface area contributed by atoms with Gasteiger partial charge >= 0.3 is 6.18 Å². The normalized spacial score (nSPS) is 16.6. The van der Waals surface area contributed by atoms with E-state index in [1.165, 1.54) is 12.1 Å². The largest absolute Gasteiger partial charge is 0.407 e. The van der Waals surface area contributed by atoms with Gasteiger partial charge in [0.2, 0.25) is 5.91 Å². The molecule has 3 nitrogen and oxygen atoms in total. The lowest BCUT2D eigenvalue weighted by Crippen LogP contribution is -2.28. The van der Waals surface area contributed by atoms with Gasteiger partial charge in [-0.15, -0.1) is 0 Å². The fourth-order valence-corrected chi connectivity index (χ4v) is 1.96. The van der Waals surface area contributed by atoms with Crippen molar-refractivity contribution in [3.05, 3.63) is 28.3 Å². The van der Waals surface area contributed by atoms with Crippen molar-refractivity contribution in [2.24, 2.45) is 5.73 Å². The first-order chi connectivity index (χ1) is 7.79. The molecule has 1 aromatic rings.